The summed E-state index contributed by atoms with van der Waals surface area (Å²) in [5.74, 6) is -0.132. The van der Waals surface area contributed by atoms with E-state index in [1.165, 1.54) is 12.5 Å². The number of benzene rings is 1. The Bertz CT molecular complexity index is 491. The van der Waals surface area contributed by atoms with Crippen LogP contribution >= 0.6 is 11.6 Å². The van der Waals surface area contributed by atoms with Gasteiger partial charge in [-0.05, 0) is 24.3 Å². The second-order valence-electron chi connectivity index (χ2n) is 3.08. The minimum Gasteiger partial charge on any atom is -0.472 e. The first-order chi connectivity index (χ1) is 7.18. The minimum atomic E-state index is -0.132. The van der Waals surface area contributed by atoms with Gasteiger partial charge in [-0.1, -0.05) is 11.6 Å². The van der Waals surface area contributed by atoms with Crippen LogP contribution in [-0.2, 0) is 0 Å². The van der Waals surface area contributed by atoms with Gasteiger partial charge in [0.2, 0.25) is 0 Å². The van der Waals surface area contributed by atoms with Crippen LogP contribution in [0.4, 0.5) is 5.69 Å². The summed E-state index contributed by atoms with van der Waals surface area (Å²) < 4.78 is 4.83. The Balaban J connectivity index is 2.39. The molecule has 0 spiro atoms. The quantitative estimate of drug-likeness (QED) is 0.627. The lowest BCUT2D eigenvalue weighted by atomic mass is 10.1. The highest BCUT2D eigenvalue weighted by Gasteiger charge is 2.11. The monoisotopic (exact) mass is 221 g/mol. The third-order valence-electron chi connectivity index (χ3n) is 2.04. The molecule has 0 amide bonds. The lowest BCUT2D eigenvalue weighted by Crippen LogP contribution is -2.00. The summed E-state index contributed by atoms with van der Waals surface area (Å²) in [6.45, 7) is 0. The number of ketones is 1. The zero-order valence-corrected chi connectivity index (χ0v) is 8.49. The van der Waals surface area contributed by atoms with Crippen molar-refractivity contribution in [1.82, 2.24) is 0 Å². The van der Waals surface area contributed by atoms with Gasteiger partial charge in [0.25, 0.3) is 0 Å². The van der Waals surface area contributed by atoms with E-state index in [1.54, 1.807) is 24.3 Å². The SMILES string of the molecule is Nc1cc(C(=O)c2ccoc2)ccc1Cl. The average Bonchev–Trinajstić information content (AvgIpc) is 2.74. The van der Waals surface area contributed by atoms with Gasteiger partial charge in [-0.15, -0.1) is 0 Å². The van der Waals surface area contributed by atoms with Crippen molar-refractivity contribution >= 4 is 23.1 Å². The van der Waals surface area contributed by atoms with Crippen molar-refractivity contribution in [2.24, 2.45) is 0 Å². The molecule has 0 aliphatic carbocycles. The summed E-state index contributed by atoms with van der Waals surface area (Å²) >= 11 is 5.76. The number of nitrogens with two attached hydrogens (primary N) is 1. The highest BCUT2D eigenvalue weighted by Crippen LogP contribution is 2.21. The molecule has 15 heavy (non-hydrogen) atoms. The number of hydrogen-bond acceptors (Lipinski definition) is 3. The second-order valence-corrected chi connectivity index (χ2v) is 3.48. The van der Waals surface area contributed by atoms with Crippen LogP contribution in [0.25, 0.3) is 0 Å². The Morgan fingerprint density at radius 1 is 1.27 bits per heavy atom. The first-order valence-electron chi connectivity index (χ1n) is 4.30. The number of carbonyl (C=O) groups is 1. The normalized spacial score (nSPS) is 10.2. The molecule has 2 rings (SSSR count). The molecule has 1 heterocycles. The van der Waals surface area contributed by atoms with Crippen LogP contribution in [0.2, 0.25) is 5.02 Å². The molecule has 76 valence electrons. The molecule has 0 aliphatic heterocycles. The number of furan rings is 1. The van der Waals surface area contributed by atoms with Gasteiger partial charge in [0.1, 0.15) is 6.26 Å². The van der Waals surface area contributed by atoms with Crippen molar-refractivity contribution in [3.05, 3.63) is 52.9 Å². The fourth-order valence-electron chi connectivity index (χ4n) is 1.25. The fourth-order valence-corrected chi connectivity index (χ4v) is 1.36. The maximum atomic E-state index is 11.8. The van der Waals surface area contributed by atoms with E-state index in [2.05, 4.69) is 0 Å². The highest BCUT2D eigenvalue weighted by molar-refractivity contribution is 6.33. The second kappa shape index (κ2) is 3.79. The van der Waals surface area contributed by atoms with E-state index in [9.17, 15) is 4.79 Å². The highest BCUT2D eigenvalue weighted by atomic mass is 35.5. The molecule has 0 saturated carbocycles. The van der Waals surface area contributed by atoms with Gasteiger partial charge in [0, 0.05) is 5.56 Å². The van der Waals surface area contributed by atoms with E-state index in [0.717, 1.165) is 0 Å². The van der Waals surface area contributed by atoms with Gasteiger partial charge in [-0.3, -0.25) is 4.79 Å². The van der Waals surface area contributed by atoms with Crippen LogP contribution in [0.1, 0.15) is 15.9 Å². The number of carbonyl (C=O) groups excluding carboxylic acids is 1. The van der Waals surface area contributed by atoms with Gasteiger partial charge in [-0.25, -0.2) is 0 Å². The molecule has 1 aromatic carbocycles. The molecule has 0 fully saturated rings. The summed E-state index contributed by atoms with van der Waals surface area (Å²) in [6, 6.07) is 6.39. The predicted molar refractivity (Wildman–Crippen MR) is 58.0 cm³/mol. The maximum Gasteiger partial charge on any atom is 0.196 e. The summed E-state index contributed by atoms with van der Waals surface area (Å²) in [5.41, 5.74) is 6.99. The summed E-state index contributed by atoms with van der Waals surface area (Å²) in [7, 11) is 0. The minimum absolute atomic E-state index is 0.132. The molecule has 0 bridgehead atoms. The Hall–Kier alpha value is -1.74. The fraction of sp³-hybridized carbons (Fsp3) is 0. The molecule has 0 saturated heterocycles. The maximum absolute atomic E-state index is 11.8. The molecule has 0 unspecified atom stereocenters. The third-order valence-corrected chi connectivity index (χ3v) is 2.39. The summed E-state index contributed by atoms with van der Waals surface area (Å²) in [6.07, 6.45) is 2.85. The number of nitrogen functional groups attached to an aromatic ring is 1. The zero-order chi connectivity index (χ0) is 10.8. The summed E-state index contributed by atoms with van der Waals surface area (Å²) in [5, 5.41) is 0.443. The number of rotatable bonds is 2. The number of anilines is 1. The van der Waals surface area contributed by atoms with Crippen LogP contribution < -0.4 is 5.73 Å². The molecule has 0 aliphatic rings. The summed E-state index contributed by atoms with van der Waals surface area (Å²) in [4.78, 5) is 11.8. The topological polar surface area (TPSA) is 56.2 Å². The molecule has 0 atom stereocenters. The van der Waals surface area contributed by atoms with Crippen LogP contribution in [0.3, 0.4) is 0 Å². The molecule has 0 radical (unpaired) electrons. The molecule has 1 aromatic heterocycles. The number of halogens is 1. The molecule has 2 aromatic rings. The molecule has 4 heteroatoms. The predicted octanol–water partition coefficient (Wildman–Crippen LogP) is 2.75. The van der Waals surface area contributed by atoms with E-state index in [1.807, 2.05) is 0 Å². The third kappa shape index (κ3) is 1.87. The molecular weight excluding hydrogens is 214 g/mol. The standard InChI is InChI=1S/C11H8ClNO2/c12-9-2-1-7(5-10(9)13)11(14)8-3-4-15-6-8/h1-6H,13H2. The smallest absolute Gasteiger partial charge is 0.196 e. The van der Waals surface area contributed by atoms with Crippen molar-refractivity contribution in [3.8, 4) is 0 Å². The Morgan fingerprint density at radius 3 is 2.67 bits per heavy atom. The van der Waals surface area contributed by atoms with Crippen LogP contribution in [0, 0.1) is 0 Å². The molecule has 2 N–H and O–H groups in total. The Kier molecular flexibility index (Phi) is 2.47. The lowest BCUT2D eigenvalue weighted by molar-refractivity contribution is 0.103. The van der Waals surface area contributed by atoms with Gasteiger partial charge in [0.15, 0.2) is 5.78 Å². The van der Waals surface area contributed by atoms with Crippen molar-refractivity contribution in [3.63, 3.8) is 0 Å². The van der Waals surface area contributed by atoms with Crippen molar-refractivity contribution < 1.29 is 9.21 Å². The Morgan fingerprint density at radius 2 is 2.07 bits per heavy atom. The molecule has 3 nitrogen and oxygen atoms in total. The van der Waals surface area contributed by atoms with E-state index in [-0.39, 0.29) is 5.78 Å². The van der Waals surface area contributed by atoms with Gasteiger partial charge in [0.05, 0.1) is 22.5 Å². The van der Waals surface area contributed by atoms with E-state index >= 15 is 0 Å². The van der Waals surface area contributed by atoms with E-state index < -0.39 is 0 Å². The van der Waals surface area contributed by atoms with Crippen molar-refractivity contribution in [1.29, 1.82) is 0 Å². The largest absolute Gasteiger partial charge is 0.472 e. The Labute approximate surface area is 91.5 Å². The zero-order valence-electron chi connectivity index (χ0n) is 7.74. The van der Waals surface area contributed by atoms with Crippen molar-refractivity contribution in [2.75, 3.05) is 5.73 Å². The first kappa shape index (κ1) is 9.80. The first-order valence-corrected chi connectivity index (χ1v) is 4.68. The lowest BCUT2D eigenvalue weighted by Gasteiger charge is -2.01. The van der Waals surface area contributed by atoms with Crippen LogP contribution in [0.5, 0.6) is 0 Å². The van der Waals surface area contributed by atoms with Crippen molar-refractivity contribution in [2.45, 2.75) is 0 Å². The van der Waals surface area contributed by atoms with Crippen LogP contribution in [-0.4, -0.2) is 5.78 Å². The number of hydrogen-bond donors (Lipinski definition) is 1. The van der Waals surface area contributed by atoms with Gasteiger partial charge < -0.3 is 10.2 Å². The van der Waals surface area contributed by atoms with E-state index in [4.69, 9.17) is 21.8 Å². The van der Waals surface area contributed by atoms with Gasteiger partial charge >= 0.3 is 0 Å². The van der Waals surface area contributed by atoms with Crippen LogP contribution in [0.15, 0.2) is 41.2 Å². The average molecular weight is 222 g/mol. The van der Waals surface area contributed by atoms with Gasteiger partial charge in [-0.2, -0.15) is 0 Å². The molecular formula is C11H8ClNO2. The van der Waals surface area contributed by atoms with E-state index in [0.29, 0.717) is 21.8 Å².